The molecule has 120 valence electrons. The molecule has 0 saturated carbocycles. The van der Waals surface area contributed by atoms with Crippen LogP contribution >= 0.6 is 0 Å². The van der Waals surface area contributed by atoms with Crippen LogP contribution in [-0.2, 0) is 10.0 Å². The molecule has 2 N–H and O–H groups in total. The molecular formula is C15H12N6O2S. The molecule has 0 fully saturated rings. The van der Waals surface area contributed by atoms with Gasteiger partial charge in [-0.1, -0.05) is 0 Å². The Morgan fingerprint density at radius 3 is 2.75 bits per heavy atom. The van der Waals surface area contributed by atoms with E-state index in [0.717, 1.165) is 10.8 Å². The van der Waals surface area contributed by atoms with E-state index in [-0.39, 0.29) is 4.90 Å². The lowest BCUT2D eigenvalue weighted by Crippen LogP contribution is -2.17. The Balaban J connectivity index is 2.06. The summed E-state index contributed by atoms with van der Waals surface area (Å²) in [5, 5.41) is 11.4. The first kappa shape index (κ1) is 14.7. The third kappa shape index (κ3) is 2.22. The second-order valence-electron chi connectivity index (χ2n) is 5.30. The van der Waals surface area contributed by atoms with Gasteiger partial charge in [0.2, 0.25) is 10.0 Å². The third-order valence-electron chi connectivity index (χ3n) is 3.70. The summed E-state index contributed by atoms with van der Waals surface area (Å²) in [7, 11) is -3.94. The van der Waals surface area contributed by atoms with Crippen molar-refractivity contribution in [1.29, 1.82) is 0 Å². The van der Waals surface area contributed by atoms with Crippen LogP contribution in [0.1, 0.15) is 5.69 Å². The van der Waals surface area contributed by atoms with Crippen molar-refractivity contribution >= 4 is 32.0 Å². The summed E-state index contributed by atoms with van der Waals surface area (Å²) in [4.78, 5) is 12.4. The molecule has 4 aromatic heterocycles. The molecule has 0 amide bonds. The SMILES string of the molecule is Cc1nccc(-n2cc3cnc4ncccc4c3n2)c1S(N)(=O)=O. The van der Waals surface area contributed by atoms with Crippen LogP contribution in [0, 0.1) is 6.92 Å². The minimum Gasteiger partial charge on any atom is -0.260 e. The first-order valence-corrected chi connectivity index (χ1v) is 8.58. The van der Waals surface area contributed by atoms with E-state index in [9.17, 15) is 8.42 Å². The number of aromatic nitrogens is 5. The minimum atomic E-state index is -3.94. The molecule has 8 nitrogen and oxygen atoms in total. The highest BCUT2D eigenvalue weighted by Gasteiger charge is 2.20. The zero-order chi connectivity index (χ0) is 16.9. The van der Waals surface area contributed by atoms with E-state index in [2.05, 4.69) is 20.1 Å². The maximum absolute atomic E-state index is 11.9. The Hall–Kier alpha value is -2.91. The molecule has 0 aliphatic carbocycles. The monoisotopic (exact) mass is 340 g/mol. The van der Waals surface area contributed by atoms with Gasteiger partial charge >= 0.3 is 0 Å². The molecular weight excluding hydrogens is 328 g/mol. The van der Waals surface area contributed by atoms with Crippen LogP contribution in [0.5, 0.6) is 0 Å². The maximum atomic E-state index is 11.9. The van der Waals surface area contributed by atoms with E-state index in [0.29, 0.717) is 22.5 Å². The fraction of sp³-hybridized carbons (Fsp3) is 0.0667. The number of nitrogens with zero attached hydrogens (tertiary/aromatic N) is 5. The summed E-state index contributed by atoms with van der Waals surface area (Å²) in [6.45, 7) is 1.59. The molecule has 0 aliphatic heterocycles. The van der Waals surface area contributed by atoms with Crippen molar-refractivity contribution in [2.45, 2.75) is 11.8 Å². The number of pyridine rings is 3. The Labute approximate surface area is 137 Å². The lowest BCUT2D eigenvalue weighted by atomic mass is 10.2. The average Bonchev–Trinajstić information content (AvgIpc) is 2.98. The lowest BCUT2D eigenvalue weighted by molar-refractivity contribution is 0.595. The van der Waals surface area contributed by atoms with Gasteiger partial charge in [0.05, 0.1) is 11.4 Å². The second-order valence-corrected chi connectivity index (χ2v) is 6.80. The van der Waals surface area contributed by atoms with E-state index in [1.807, 2.05) is 6.07 Å². The number of fused-ring (bicyclic) bond motifs is 3. The largest absolute Gasteiger partial charge is 0.260 e. The first-order valence-electron chi connectivity index (χ1n) is 7.03. The summed E-state index contributed by atoms with van der Waals surface area (Å²) < 4.78 is 25.4. The van der Waals surface area contributed by atoms with Crippen LogP contribution in [-0.4, -0.2) is 33.2 Å². The van der Waals surface area contributed by atoms with Crippen molar-refractivity contribution in [2.75, 3.05) is 0 Å². The van der Waals surface area contributed by atoms with Crippen molar-refractivity contribution in [3.63, 3.8) is 0 Å². The fourth-order valence-corrected chi connectivity index (χ4v) is 3.62. The van der Waals surface area contributed by atoms with Crippen molar-refractivity contribution in [1.82, 2.24) is 24.7 Å². The molecule has 0 atom stereocenters. The molecule has 0 unspecified atom stereocenters. The highest BCUT2D eigenvalue weighted by molar-refractivity contribution is 7.89. The van der Waals surface area contributed by atoms with Crippen LogP contribution in [0.2, 0.25) is 0 Å². The van der Waals surface area contributed by atoms with Crippen molar-refractivity contribution < 1.29 is 8.42 Å². The molecule has 4 heterocycles. The molecule has 0 aromatic carbocycles. The molecule has 4 aromatic rings. The van der Waals surface area contributed by atoms with Gasteiger partial charge in [0.15, 0.2) is 5.65 Å². The Morgan fingerprint density at radius 1 is 1.12 bits per heavy atom. The van der Waals surface area contributed by atoms with Crippen LogP contribution in [0.15, 0.2) is 47.9 Å². The molecule has 24 heavy (non-hydrogen) atoms. The van der Waals surface area contributed by atoms with Gasteiger partial charge in [0.1, 0.15) is 10.4 Å². The first-order chi connectivity index (χ1) is 11.4. The second kappa shape index (κ2) is 5.05. The Bertz CT molecular complexity index is 1200. The van der Waals surface area contributed by atoms with Crippen LogP contribution in [0.3, 0.4) is 0 Å². The summed E-state index contributed by atoms with van der Waals surface area (Å²) in [6.07, 6.45) is 6.53. The van der Waals surface area contributed by atoms with Gasteiger partial charge in [-0.15, -0.1) is 0 Å². The summed E-state index contributed by atoms with van der Waals surface area (Å²) >= 11 is 0. The number of sulfonamides is 1. The van der Waals surface area contributed by atoms with E-state index in [1.54, 1.807) is 37.6 Å². The summed E-state index contributed by atoms with van der Waals surface area (Å²) in [5.41, 5.74) is 1.92. The van der Waals surface area contributed by atoms with Gasteiger partial charge in [-0.2, -0.15) is 5.10 Å². The number of primary sulfonamides is 1. The van der Waals surface area contributed by atoms with Gasteiger partial charge < -0.3 is 0 Å². The van der Waals surface area contributed by atoms with Crippen molar-refractivity contribution in [3.05, 3.63) is 48.7 Å². The van der Waals surface area contributed by atoms with Gasteiger partial charge in [0, 0.05) is 35.6 Å². The number of aryl methyl sites for hydroxylation is 1. The van der Waals surface area contributed by atoms with Crippen LogP contribution in [0.4, 0.5) is 0 Å². The third-order valence-corrected chi connectivity index (χ3v) is 4.78. The fourth-order valence-electron chi connectivity index (χ4n) is 2.70. The predicted molar refractivity (Wildman–Crippen MR) is 88.1 cm³/mol. The van der Waals surface area contributed by atoms with E-state index in [1.165, 1.54) is 10.9 Å². The molecule has 4 rings (SSSR count). The number of nitrogens with two attached hydrogens (primary N) is 1. The van der Waals surface area contributed by atoms with Gasteiger partial charge in [-0.05, 0) is 25.1 Å². The number of hydrogen-bond donors (Lipinski definition) is 1. The van der Waals surface area contributed by atoms with Crippen LogP contribution in [0.25, 0.3) is 27.6 Å². The van der Waals surface area contributed by atoms with Gasteiger partial charge in [0.25, 0.3) is 0 Å². The normalized spacial score (nSPS) is 12.1. The van der Waals surface area contributed by atoms with E-state index >= 15 is 0 Å². The molecule has 0 bridgehead atoms. The summed E-state index contributed by atoms with van der Waals surface area (Å²) in [5.74, 6) is 0. The van der Waals surface area contributed by atoms with Gasteiger partial charge in [-0.3, -0.25) is 4.98 Å². The topological polar surface area (TPSA) is 117 Å². The average molecular weight is 340 g/mol. The highest BCUT2D eigenvalue weighted by Crippen LogP contribution is 2.25. The molecule has 0 spiro atoms. The zero-order valence-corrected chi connectivity index (χ0v) is 13.4. The van der Waals surface area contributed by atoms with Crippen LogP contribution < -0.4 is 5.14 Å². The van der Waals surface area contributed by atoms with E-state index in [4.69, 9.17) is 5.14 Å². The van der Waals surface area contributed by atoms with E-state index < -0.39 is 10.0 Å². The molecule has 0 radical (unpaired) electrons. The molecule has 9 heteroatoms. The van der Waals surface area contributed by atoms with Crippen molar-refractivity contribution in [3.8, 4) is 5.69 Å². The Kier molecular flexibility index (Phi) is 3.08. The van der Waals surface area contributed by atoms with Gasteiger partial charge in [-0.25, -0.2) is 28.2 Å². The van der Waals surface area contributed by atoms with Crippen molar-refractivity contribution in [2.24, 2.45) is 5.14 Å². The highest BCUT2D eigenvalue weighted by atomic mass is 32.2. The quantitative estimate of drug-likeness (QED) is 0.588. The smallest absolute Gasteiger partial charge is 0.242 e. The standard InChI is InChI=1S/C15H12N6O2S/c1-9-14(24(16,22)23)12(4-6-17-9)21-8-10-7-19-15-11(13(10)20-21)3-2-5-18-15/h2-8H,1H3,(H2,16,22,23). The number of rotatable bonds is 2. The molecule has 0 saturated heterocycles. The number of hydrogen-bond acceptors (Lipinski definition) is 6. The molecule has 0 aliphatic rings. The predicted octanol–water partition coefficient (Wildman–Crippen LogP) is 1.32. The maximum Gasteiger partial charge on any atom is 0.242 e. The lowest BCUT2D eigenvalue weighted by Gasteiger charge is -2.09. The zero-order valence-electron chi connectivity index (χ0n) is 12.6. The Morgan fingerprint density at radius 2 is 1.96 bits per heavy atom. The summed E-state index contributed by atoms with van der Waals surface area (Å²) in [6, 6.07) is 5.23. The minimum absolute atomic E-state index is 0.0480.